The van der Waals surface area contributed by atoms with Crippen LogP contribution in [0, 0.1) is 5.41 Å². The van der Waals surface area contributed by atoms with Crippen LogP contribution in [0.25, 0.3) is 0 Å². The van der Waals surface area contributed by atoms with E-state index in [1.807, 2.05) is 0 Å². The molecule has 0 radical (unpaired) electrons. The predicted molar refractivity (Wildman–Crippen MR) is 104 cm³/mol. The largest absolute Gasteiger partial charge is 0.365 e. The zero-order valence-electron chi connectivity index (χ0n) is 15.2. The first-order valence-electron chi connectivity index (χ1n) is 9.66. The van der Waals surface area contributed by atoms with Gasteiger partial charge >= 0.3 is 0 Å². The number of ether oxygens (including phenoxy) is 1. The minimum atomic E-state index is -0.358. The van der Waals surface area contributed by atoms with Crippen molar-refractivity contribution >= 4 is 0 Å². The molecule has 0 saturated carbocycles. The quantitative estimate of drug-likeness (QED) is 0.593. The number of benzene rings is 3. The standard InChI is InChI=1S/C25H22O/c1-3-26-25-20-14-8-6-12-18(20)22-16-10-4-5-11-17(16)23(24(22,25)2)19-13-7-9-15-21(19)25/h4-15,22-23H,3H2,1-2H3. The number of fused-ring (bicyclic) bond motifs is 9. The van der Waals surface area contributed by atoms with Crippen LogP contribution >= 0.6 is 0 Å². The summed E-state index contributed by atoms with van der Waals surface area (Å²) in [4.78, 5) is 0. The van der Waals surface area contributed by atoms with Gasteiger partial charge in [-0.1, -0.05) is 79.7 Å². The van der Waals surface area contributed by atoms with Crippen LogP contribution in [-0.4, -0.2) is 6.61 Å². The topological polar surface area (TPSA) is 9.23 Å². The molecule has 26 heavy (non-hydrogen) atoms. The fourth-order valence-electron chi connectivity index (χ4n) is 6.63. The third-order valence-corrected chi connectivity index (χ3v) is 7.24. The van der Waals surface area contributed by atoms with Gasteiger partial charge in [-0.05, 0) is 40.3 Å². The summed E-state index contributed by atoms with van der Waals surface area (Å²) in [7, 11) is 0. The molecule has 1 heteroatoms. The van der Waals surface area contributed by atoms with Crippen LogP contribution in [0.5, 0.6) is 0 Å². The summed E-state index contributed by atoms with van der Waals surface area (Å²) in [6.07, 6.45) is 0. The lowest BCUT2D eigenvalue weighted by Crippen LogP contribution is -2.42. The minimum absolute atomic E-state index is 0.0138. The summed E-state index contributed by atoms with van der Waals surface area (Å²) in [5, 5.41) is 0. The van der Waals surface area contributed by atoms with Crippen LogP contribution < -0.4 is 0 Å². The second-order valence-electron chi connectivity index (χ2n) is 8.07. The van der Waals surface area contributed by atoms with Gasteiger partial charge in [0.25, 0.3) is 0 Å². The van der Waals surface area contributed by atoms with E-state index in [-0.39, 0.29) is 11.0 Å². The Bertz CT molecular complexity index is 973. The molecule has 0 heterocycles. The van der Waals surface area contributed by atoms with Gasteiger partial charge in [0.1, 0.15) is 5.60 Å². The highest BCUT2D eigenvalue weighted by Gasteiger charge is 2.73. The van der Waals surface area contributed by atoms with Crippen molar-refractivity contribution in [1.29, 1.82) is 0 Å². The molecule has 3 aliphatic rings. The molecule has 6 rings (SSSR count). The fourth-order valence-corrected chi connectivity index (χ4v) is 6.63. The van der Waals surface area contributed by atoms with Gasteiger partial charge in [-0.3, -0.25) is 0 Å². The normalized spacial score (nSPS) is 32.1. The van der Waals surface area contributed by atoms with E-state index in [2.05, 4.69) is 86.6 Å². The van der Waals surface area contributed by atoms with Gasteiger partial charge in [-0.15, -0.1) is 0 Å². The Morgan fingerprint density at radius 2 is 1.12 bits per heavy atom. The molecule has 0 fully saturated rings. The summed E-state index contributed by atoms with van der Waals surface area (Å²) in [6.45, 7) is 5.32. The van der Waals surface area contributed by atoms with Crippen LogP contribution in [-0.2, 0) is 10.3 Å². The second kappa shape index (κ2) is 4.66. The van der Waals surface area contributed by atoms with Crippen LogP contribution in [0.1, 0.15) is 59.1 Å². The Morgan fingerprint density at radius 3 is 1.58 bits per heavy atom. The van der Waals surface area contributed by atoms with E-state index in [1.54, 1.807) is 0 Å². The monoisotopic (exact) mass is 338 g/mol. The Morgan fingerprint density at radius 1 is 0.692 bits per heavy atom. The molecule has 0 saturated heterocycles. The van der Waals surface area contributed by atoms with Gasteiger partial charge in [0.05, 0.1) is 0 Å². The predicted octanol–water partition coefficient (Wildman–Crippen LogP) is 5.58. The second-order valence-corrected chi connectivity index (χ2v) is 8.07. The number of hydrogen-bond acceptors (Lipinski definition) is 1. The van der Waals surface area contributed by atoms with Gasteiger partial charge in [0.2, 0.25) is 0 Å². The maximum Gasteiger partial charge on any atom is 0.126 e. The molecule has 128 valence electrons. The molecule has 2 atom stereocenters. The Balaban J connectivity index is 1.83. The van der Waals surface area contributed by atoms with Crippen molar-refractivity contribution in [1.82, 2.24) is 0 Å². The van der Waals surface area contributed by atoms with E-state index in [4.69, 9.17) is 4.74 Å². The van der Waals surface area contributed by atoms with Crippen molar-refractivity contribution < 1.29 is 4.74 Å². The first kappa shape index (κ1) is 14.8. The lowest BCUT2D eigenvalue weighted by Gasteiger charge is -2.42. The maximum absolute atomic E-state index is 6.78. The van der Waals surface area contributed by atoms with Gasteiger partial charge in [0.15, 0.2) is 0 Å². The van der Waals surface area contributed by atoms with E-state index in [0.717, 1.165) is 0 Å². The highest BCUT2D eigenvalue weighted by Crippen LogP contribution is 2.78. The number of rotatable bonds is 2. The first-order chi connectivity index (χ1) is 12.7. The highest BCUT2D eigenvalue weighted by atomic mass is 16.5. The Labute approximate surface area is 154 Å². The molecule has 0 aromatic heterocycles. The molecule has 0 amide bonds. The van der Waals surface area contributed by atoms with Crippen molar-refractivity contribution in [2.24, 2.45) is 5.41 Å². The lowest BCUT2D eigenvalue weighted by atomic mass is 9.67. The van der Waals surface area contributed by atoms with Crippen LogP contribution in [0.3, 0.4) is 0 Å². The van der Waals surface area contributed by atoms with Gasteiger partial charge in [-0.2, -0.15) is 0 Å². The molecule has 0 aliphatic heterocycles. The SMILES string of the molecule is CCOC12c3ccccc3C3c4ccccc4C(c4ccccc41)C32C. The summed E-state index contributed by atoms with van der Waals surface area (Å²) >= 11 is 0. The zero-order valence-corrected chi connectivity index (χ0v) is 15.2. The smallest absolute Gasteiger partial charge is 0.126 e. The molecule has 0 bridgehead atoms. The van der Waals surface area contributed by atoms with E-state index in [9.17, 15) is 0 Å². The van der Waals surface area contributed by atoms with Gasteiger partial charge < -0.3 is 4.74 Å². The van der Waals surface area contributed by atoms with Crippen LogP contribution in [0.15, 0.2) is 72.8 Å². The zero-order chi connectivity index (χ0) is 17.5. The van der Waals surface area contributed by atoms with Crippen molar-refractivity contribution in [2.75, 3.05) is 6.61 Å². The molecule has 3 aliphatic carbocycles. The van der Waals surface area contributed by atoms with Crippen molar-refractivity contribution in [2.45, 2.75) is 31.3 Å². The summed E-state index contributed by atoms with van der Waals surface area (Å²) in [5.74, 6) is 0.776. The van der Waals surface area contributed by atoms with Crippen molar-refractivity contribution in [3.05, 3.63) is 106 Å². The van der Waals surface area contributed by atoms with Crippen LogP contribution in [0.4, 0.5) is 0 Å². The first-order valence-corrected chi connectivity index (χ1v) is 9.66. The average molecular weight is 338 g/mol. The summed E-state index contributed by atoms with van der Waals surface area (Å²) < 4.78 is 6.78. The Hall–Kier alpha value is -2.38. The van der Waals surface area contributed by atoms with Crippen molar-refractivity contribution in [3.8, 4) is 0 Å². The molecule has 1 nitrogen and oxygen atoms in total. The molecular weight excluding hydrogens is 316 g/mol. The van der Waals surface area contributed by atoms with E-state index < -0.39 is 0 Å². The van der Waals surface area contributed by atoms with Gasteiger partial charge in [0, 0.05) is 23.9 Å². The molecular formula is C25H22O. The molecule has 0 spiro atoms. The van der Waals surface area contributed by atoms with Crippen molar-refractivity contribution in [3.63, 3.8) is 0 Å². The molecule has 3 aromatic carbocycles. The van der Waals surface area contributed by atoms with E-state index >= 15 is 0 Å². The Kier molecular flexibility index (Phi) is 2.65. The summed E-state index contributed by atoms with van der Waals surface area (Å²) in [5.41, 5.74) is 8.26. The fraction of sp³-hybridized carbons (Fsp3) is 0.280. The minimum Gasteiger partial charge on any atom is -0.365 e. The average Bonchev–Trinajstić information content (AvgIpc) is 3.16. The number of hydrogen-bond donors (Lipinski definition) is 0. The highest BCUT2D eigenvalue weighted by molar-refractivity contribution is 5.70. The maximum atomic E-state index is 6.78. The summed E-state index contributed by atoms with van der Waals surface area (Å²) in [6, 6.07) is 27.0. The van der Waals surface area contributed by atoms with Gasteiger partial charge in [-0.25, -0.2) is 0 Å². The third-order valence-electron chi connectivity index (χ3n) is 7.24. The molecule has 0 N–H and O–H groups in total. The molecule has 2 unspecified atom stereocenters. The van der Waals surface area contributed by atoms with E-state index in [1.165, 1.54) is 33.4 Å². The van der Waals surface area contributed by atoms with Crippen LogP contribution in [0.2, 0.25) is 0 Å². The van der Waals surface area contributed by atoms with E-state index in [0.29, 0.717) is 18.4 Å². The molecule has 3 aromatic rings. The lowest BCUT2D eigenvalue weighted by molar-refractivity contribution is -0.0863. The third kappa shape index (κ3) is 1.31.